The van der Waals surface area contributed by atoms with Gasteiger partial charge in [0.25, 0.3) is 0 Å². The number of hydrogen-bond acceptors (Lipinski definition) is 7. The maximum atomic E-state index is 15.1. The van der Waals surface area contributed by atoms with Crippen molar-refractivity contribution in [3.05, 3.63) is 77.6 Å². The van der Waals surface area contributed by atoms with E-state index in [4.69, 9.17) is 15.9 Å². The zero-order chi connectivity index (χ0) is 24.7. The minimum Gasteiger partial charge on any atom is -0.485 e. The van der Waals surface area contributed by atoms with Crippen LogP contribution in [0.2, 0.25) is 0 Å². The molecular formula is C25H27FN6OS. The van der Waals surface area contributed by atoms with Crippen LogP contribution >= 0.6 is 11.8 Å². The highest BCUT2D eigenvalue weighted by Crippen LogP contribution is 2.31. The number of aromatic nitrogens is 2. The molecule has 3 N–H and O–H groups in total. The fourth-order valence-corrected chi connectivity index (χ4v) is 4.03. The molecule has 0 saturated carbocycles. The van der Waals surface area contributed by atoms with Crippen LogP contribution in [0, 0.1) is 11.2 Å². The van der Waals surface area contributed by atoms with Gasteiger partial charge in [0.05, 0.1) is 6.10 Å². The van der Waals surface area contributed by atoms with Crippen molar-refractivity contribution >= 4 is 36.0 Å². The Kier molecular flexibility index (Phi) is 8.37. The van der Waals surface area contributed by atoms with Crippen molar-refractivity contribution in [2.24, 2.45) is 15.8 Å². The molecule has 2 aromatic carbocycles. The Labute approximate surface area is 202 Å². The molecule has 0 amide bonds. The van der Waals surface area contributed by atoms with Crippen LogP contribution in [0.5, 0.6) is 5.75 Å². The Morgan fingerprint density at radius 2 is 2.06 bits per heavy atom. The van der Waals surface area contributed by atoms with E-state index >= 15 is 4.39 Å². The molecule has 0 unspecified atom stereocenters. The zero-order valence-electron chi connectivity index (χ0n) is 19.3. The van der Waals surface area contributed by atoms with E-state index < -0.39 is 5.82 Å². The number of nitrogens with one attached hydrogen (secondary N) is 1. The number of benzene rings is 2. The molecule has 1 aromatic heterocycles. The third-order valence-corrected chi connectivity index (χ3v) is 5.71. The molecule has 3 rings (SSSR count). The molecule has 0 aliphatic rings. The van der Waals surface area contributed by atoms with Crippen LogP contribution in [0.25, 0.3) is 5.57 Å². The van der Waals surface area contributed by atoms with E-state index in [2.05, 4.69) is 40.9 Å². The molecule has 0 spiro atoms. The molecule has 0 bridgehead atoms. The van der Waals surface area contributed by atoms with Gasteiger partial charge in [0.15, 0.2) is 5.75 Å². The highest BCUT2D eigenvalue weighted by atomic mass is 32.2. The summed E-state index contributed by atoms with van der Waals surface area (Å²) in [5.74, 6) is -0.276. The number of hydrogen-bond donors (Lipinski definition) is 2. The largest absolute Gasteiger partial charge is 0.485 e. The highest BCUT2D eigenvalue weighted by Gasteiger charge is 2.17. The summed E-state index contributed by atoms with van der Waals surface area (Å²) >= 11 is 1.48. The maximum absolute atomic E-state index is 15.1. The molecule has 0 aliphatic heterocycles. The van der Waals surface area contributed by atoms with Gasteiger partial charge in [0.1, 0.15) is 23.5 Å². The van der Waals surface area contributed by atoms with Crippen LogP contribution in [0.4, 0.5) is 10.1 Å². The Balaban J connectivity index is 2.11. The van der Waals surface area contributed by atoms with E-state index in [1.807, 2.05) is 32.0 Å². The molecule has 0 saturated heterocycles. The first-order valence-electron chi connectivity index (χ1n) is 10.7. The van der Waals surface area contributed by atoms with Crippen molar-refractivity contribution in [3.63, 3.8) is 0 Å². The quantitative estimate of drug-likeness (QED) is 0.414. The summed E-state index contributed by atoms with van der Waals surface area (Å²) in [6.45, 7) is 9.31. The standard InChI is InChI=1S/C25H27FN6OS/c1-5-17-7-6-8-19(11-17)34-20-9-10-22(21(26)12-20)31-25-24(33-16(2)3)23(18(13-27)14-28)30-15-32(25)29-4/h6-16,27H,4-5,28H2,1-3H3/b18-14+,27-13?,31-25?. The number of ether oxygens (including phenoxy) is 1. The lowest BCUT2D eigenvalue weighted by Crippen LogP contribution is -2.25. The van der Waals surface area contributed by atoms with Crippen molar-refractivity contribution in [1.82, 2.24) is 9.66 Å². The molecule has 1 heterocycles. The van der Waals surface area contributed by atoms with Crippen LogP contribution in [0.3, 0.4) is 0 Å². The number of allylic oxidation sites excluding steroid dienone is 1. The molecule has 9 heteroatoms. The predicted molar refractivity (Wildman–Crippen MR) is 135 cm³/mol. The number of nitrogens with zero attached hydrogens (tertiary/aromatic N) is 4. The number of nitrogens with two attached hydrogens (primary N) is 1. The number of halogens is 1. The summed E-state index contributed by atoms with van der Waals surface area (Å²) in [7, 11) is 0. The Bertz CT molecular complexity index is 1300. The summed E-state index contributed by atoms with van der Waals surface area (Å²) in [5, 5.41) is 11.5. The topological polar surface area (TPSA) is 102 Å². The van der Waals surface area contributed by atoms with Gasteiger partial charge in [-0.25, -0.2) is 19.0 Å². The van der Waals surface area contributed by atoms with E-state index in [1.165, 1.54) is 40.6 Å². The van der Waals surface area contributed by atoms with Crippen molar-refractivity contribution < 1.29 is 9.13 Å². The zero-order valence-corrected chi connectivity index (χ0v) is 20.1. The third kappa shape index (κ3) is 5.79. The number of rotatable bonds is 9. The fraction of sp³-hybridized carbons (Fsp3) is 0.200. The Morgan fingerprint density at radius 1 is 1.29 bits per heavy atom. The van der Waals surface area contributed by atoms with E-state index in [0.717, 1.165) is 22.4 Å². The lowest BCUT2D eigenvalue weighted by atomic mass is 10.2. The first-order chi connectivity index (χ1) is 16.4. The first kappa shape index (κ1) is 24.9. The molecule has 0 aliphatic carbocycles. The van der Waals surface area contributed by atoms with Crippen LogP contribution in [0.1, 0.15) is 32.0 Å². The average molecular weight is 479 g/mol. The summed E-state index contributed by atoms with van der Waals surface area (Å²) in [4.78, 5) is 10.6. The summed E-state index contributed by atoms with van der Waals surface area (Å²) in [6.07, 6.45) is 4.36. The third-order valence-electron chi connectivity index (χ3n) is 4.73. The van der Waals surface area contributed by atoms with Gasteiger partial charge in [-0.15, -0.1) is 0 Å². The molecule has 3 aromatic rings. The van der Waals surface area contributed by atoms with Crippen molar-refractivity contribution in [2.75, 3.05) is 0 Å². The molecule has 176 valence electrons. The van der Waals surface area contributed by atoms with E-state index in [-0.39, 0.29) is 23.0 Å². The molecular weight excluding hydrogens is 451 g/mol. The minimum absolute atomic E-state index is 0.1000. The normalized spacial score (nSPS) is 12.1. The smallest absolute Gasteiger partial charge is 0.200 e. The van der Waals surface area contributed by atoms with Gasteiger partial charge in [-0.2, -0.15) is 5.10 Å². The second kappa shape index (κ2) is 11.4. The highest BCUT2D eigenvalue weighted by molar-refractivity contribution is 7.99. The van der Waals surface area contributed by atoms with Crippen molar-refractivity contribution in [1.29, 1.82) is 5.41 Å². The summed E-state index contributed by atoms with van der Waals surface area (Å²) < 4.78 is 22.4. The van der Waals surface area contributed by atoms with E-state index in [1.54, 1.807) is 6.07 Å². The van der Waals surface area contributed by atoms with E-state index in [9.17, 15) is 0 Å². The molecule has 0 fully saturated rings. The van der Waals surface area contributed by atoms with Gasteiger partial charge in [0.2, 0.25) is 5.49 Å². The predicted octanol–water partition coefficient (Wildman–Crippen LogP) is 5.17. The van der Waals surface area contributed by atoms with Gasteiger partial charge < -0.3 is 15.9 Å². The van der Waals surface area contributed by atoms with Crippen molar-refractivity contribution in [3.8, 4) is 5.75 Å². The number of aryl methyl sites for hydroxylation is 1. The fourth-order valence-electron chi connectivity index (χ4n) is 3.11. The molecule has 7 nitrogen and oxygen atoms in total. The molecule has 0 radical (unpaired) electrons. The monoisotopic (exact) mass is 478 g/mol. The average Bonchev–Trinajstić information content (AvgIpc) is 2.83. The van der Waals surface area contributed by atoms with Crippen LogP contribution in [0.15, 0.2) is 74.9 Å². The van der Waals surface area contributed by atoms with Gasteiger partial charge >= 0.3 is 0 Å². The van der Waals surface area contributed by atoms with Gasteiger partial charge in [-0.1, -0.05) is 30.8 Å². The summed E-state index contributed by atoms with van der Waals surface area (Å²) in [5.41, 5.74) is 7.80. The molecule has 0 atom stereocenters. The van der Waals surface area contributed by atoms with Gasteiger partial charge in [-0.05, 0) is 56.2 Å². The minimum atomic E-state index is -0.497. The molecule has 34 heavy (non-hydrogen) atoms. The lowest BCUT2D eigenvalue weighted by Gasteiger charge is -2.15. The van der Waals surface area contributed by atoms with E-state index in [0.29, 0.717) is 11.3 Å². The second-order valence-corrected chi connectivity index (χ2v) is 8.64. The van der Waals surface area contributed by atoms with Gasteiger partial charge in [-0.3, -0.25) is 0 Å². The summed E-state index contributed by atoms with van der Waals surface area (Å²) in [6, 6.07) is 13.0. The second-order valence-electron chi connectivity index (χ2n) is 7.49. The van der Waals surface area contributed by atoms with Crippen LogP contribution in [-0.4, -0.2) is 28.7 Å². The maximum Gasteiger partial charge on any atom is 0.200 e. The lowest BCUT2D eigenvalue weighted by molar-refractivity contribution is 0.234. The van der Waals surface area contributed by atoms with Crippen molar-refractivity contribution in [2.45, 2.75) is 43.1 Å². The Hall–Kier alpha value is -3.72. The van der Waals surface area contributed by atoms with Gasteiger partial charge in [0, 0.05) is 34.5 Å². The van der Waals surface area contributed by atoms with Crippen LogP contribution in [-0.2, 0) is 6.42 Å². The van der Waals surface area contributed by atoms with Crippen LogP contribution < -0.4 is 16.0 Å². The SMILES string of the molecule is C=Nn1cnc(/C(C=N)=C/N)c(OC(C)C)c1=Nc1ccc(Sc2cccc(CC)c2)cc1F. The first-order valence-corrected chi connectivity index (χ1v) is 11.5. The Morgan fingerprint density at radius 3 is 2.68 bits per heavy atom.